The maximum Gasteiger partial charge on any atom is 0.136 e. The molecule has 0 N–H and O–H groups in total. The largest absolute Gasteiger partial charge is 0.299 e. The summed E-state index contributed by atoms with van der Waals surface area (Å²) >= 11 is 0. The maximum absolute atomic E-state index is 12.4. The first kappa shape index (κ1) is 22.3. The lowest BCUT2D eigenvalue weighted by Crippen LogP contribution is -2.43. The molecular formula is C24H42O. The highest BCUT2D eigenvalue weighted by Crippen LogP contribution is 2.61. The second-order valence-electron chi connectivity index (χ2n) is 9.05. The molecular weight excluding hydrogens is 304 g/mol. The van der Waals surface area contributed by atoms with Crippen molar-refractivity contribution < 1.29 is 4.79 Å². The Bertz CT molecular complexity index is 480. The standard InChI is InChI=1S/C22H36O.C2H6/c1-6-7-14-21(4,15-8-10-17(2)3)20-13-12-18-19(23)11-9-16-22(18,20)5;1-2/h17-18,20H,8-16H2,1-5H3;1-2H3/t18?,20-,21-,22+;/m1./s1. The van der Waals surface area contributed by atoms with Crippen molar-refractivity contribution in [2.45, 2.75) is 106 Å². The summed E-state index contributed by atoms with van der Waals surface area (Å²) in [6.45, 7) is 15.5. The summed E-state index contributed by atoms with van der Waals surface area (Å²) in [5.41, 5.74) is 0.510. The van der Waals surface area contributed by atoms with Crippen LogP contribution in [0.15, 0.2) is 0 Å². The minimum Gasteiger partial charge on any atom is -0.299 e. The summed E-state index contributed by atoms with van der Waals surface area (Å²) in [5, 5.41) is 0. The Labute approximate surface area is 157 Å². The van der Waals surface area contributed by atoms with Gasteiger partial charge in [0.15, 0.2) is 0 Å². The van der Waals surface area contributed by atoms with E-state index in [4.69, 9.17) is 0 Å². The van der Waals surface area contributed by atoms with E-state index in [1.807, 2.05) is 20.8 Å². The van der Waals surface area contributed by atoms with Gasteiger partial charge in [-0.15, -0.1) is 11.8 Å². The summed E-state index contributed by atoms with van der Waals surface area (Å²) in [6.07, 6.45) is 10.4. The van der Waals surface area contributed by atoms with E-state index in [1.54, 1.807) is 0 Å². The summed E-state index contributed by atoms with van der Waals surface area (Å²) < 4.78 is 0. The minimum absolute atomic E-state index is 0.233. The van der Waals surface area contributed by atoms with E-state index < -0.39 is 0 Å². The second-order valence-corrected chi connectivity index (χ2v) is 9.05. The Morgan fingerprint density at radius 2 is 1.96 bits per heavy atom. The second kappa shape index (κ2) is 9.80. The molecule has 1 nitrogen and oxygen atoms in total. The van der Waals surface area contributed by atoms with Crippen LogP contribution in [0, 0.1) is 40.4 Å². The Kier molecular flexibility index (Phi) is 8.73. The number of carbonyl (C=O) groups is 1. The SMILES string of the molecule is CC.CC#CC[C@](C)(CCCC(C)C)[C@H]1CCC2C(=O)CCC[C@@]21C. The zero-order chi connectivity index (χ0) is 19.1. The highest BCUT2D eigenvalue weighted by atomic mass is 16.1. The van der Waals surface area contributed by atoms with Crippen molar-refractivity contribution in [1.82, 2.24) is 0 Å². The van der Waals surface area contributed by atoms with Gasteiger partial charge in [-0.05, 0) is 61.7 Å². The maximum atomic E-state index is 12.4. The molecule has 2 fully saturated rings. The number of fused-ring (bicyclic) bond motifs is 1. The molecule has 1 heteroatoms. The lowest BCUT2D eigenvalue weighted by molar-refractivity contribution is -0.131. The monoisotopic (exact) mass is 346 g/mol. The summed E-state index contributed by atoms with van der Waals surface area (Å²) in [4.78, 5) is 12.4. The van der Waals surface area contributed by atoms with Crippen LogP contribution in [-0.2, 0) is 4.79 Å². The molecule has 0 radical (unpaired) electrons. The van der Waals surface area contributed by atoms with Gasteiger partial charge in [0.1, 0.15) is 5.78 Å². The van der Waals surface area contributed by atoms with Gasteiger partial charge in [-0.1, -0.05) is 54.4 Å². The molecule has 0 spiro atoms. The van der Waals surface area contributed by atoms with E-state index in [0.29, 0.717) is 17.6 Å². The Balaban J connectivity index is 0.00000151. The molecule has 1 unspecified atom stereocenters. The molecule has 0 amide bonds. The molecule has 25 heavy (non-hydrogen) atoms. The molecule has 0 bridgehead atoms. The van der Waals surface area contributed by atoms with Gasteiger partial charge in [0, 0.05) is 18.8 Å². The van der Waals surface area contributed by atoms with Gasteiger partial charge in [-0.3, -0.25) is 4.79 Å². The van der Waals surface area contributed by atoms with E-state index in [-0.39, 0.29) is 10.8 Å². The van der Waals surface area contributed by atoms with Crippen molar-refractivity contribution in [1.29, 1.82) is 0 Å². The number of hydrogen-bond acceptors (Lipinski definition) is 1. The van der Waals surface area contributed by atoms with Crippen LogP contribution in [0.1, 0.15) is 106 Å². The number of ketones is 1. The van der Waals surface area contributed by atoms with Crippen molar-refractivity contribution in [3.8, 4) is 11.8 Å². The fourth-order valence-electron chi connectivity index (χ4n) is 5.67. The van der Waals surface area contributed by atoms with Gasteiger partial charge in [0.2, 0.25) is 0 Å². The van der Waals surface area contributed by atoms with Crippen molar-refractivity contribution in [2.75, 3.05) is 0 Å². The van der Waals surface area contributed by atoms with Gasteiger partial charge in [0.05, 0.1) is 0 Å². The lowest BCUT2D eigenvalue weighted by Gasteiger charge is -2.48. The van der Waals surface area contributed by atoms with E-state index in [2.05, 4.69) is 39.5 Å². The molecule has 2 aliphatic carbocycles. The first-order valence-electron chi connectivity index (χ1n) is 10.8. The topological polar surface area (TPSA) is 17.1 Å². The molecule has 2 rings (SSSR count). The van der Waals surface area contributed by atoms with Crippen LogP contribution in [0.3, 0.4) is 0 Å². The van der Waals surface area contributed by atoms with Gasteiger partial charge in [-0.2, -0.15) is 0 Å². The fourth-order valence-corrected chi connectivity index (χ4v) is 5.67. The molecule has 0 aromatic rings. The Hall–Kier alpha value is -0.770. The first-order chi connectivity index (χ1) is 11.8. The Morgan fingerprint density at radius 1 is 1.28 bits per heavy atom. The van der Waals surface area contributed by atoms with Crippen LogP contribution in [0.5, 0.6) is 0 Å². The van der Waals surface area contributed by atoms with Gasteiger partial charge < -0.3 is 0 Å². The van der Waals surface area contributed by atoms with Crippen molar-refractivity contribution in [2.24, 2.45) is 28.6 Å². The highest BCUT2D eigenvalue weighted by molar-refractivity contribution is 5.83. The number of carbonyl (C=O) groups excluding carboxylic acids is 1. The predicted octanol–water partition coefficient (Wildman–Crippen LogP) is 7.04. The molecule has 2 saturated carbocycles. The van der Waals surface area contributed by atoms with E-state index in [1.165, 1.54) is 32.1 Å². The quantitative estimate of drug-likeness (QED) is 0.471. The molecule has 0 aromatic carbocycles. The van der Waals surface area contributed by atoms with Crippen LogP contribution in [0.25, 0.3) is 0 Å². The fraction of sp³-hybridized carbons (Fsp3) is 0.875. The molecule has 0 aliphatic heterocycles. The van der Waals surface area contributed by atoms with E-state index in [9.17, 15) is 4.79 Å². The molecule has 144 valence electrons. The highest BCUT2D eigenvalue weighted by Gasteiger charge is 2.56. The number of rotatable bonds is 6. The van der Waals surface area contributed by atoms with Crippen LogP contribution in [0.2, 0.25) is 0 Å². The smallest absolute Gasteiger partial charge is 0.136 e. The zero-order valence-corrected chi connectivity index (χ0v) is 18.0. The summed E-state index contributed by atoms with van der Waals surface area (Å²) in [6, 6.07) is 0. The molecule has 4 atom stereocenters. The number of hydrogen-bond donors (Lipinski definition) is 0. The van der Waals surface area contributed by atoms with E-state index >= 15 is 0 Å². The number of Topliss-reactive ketones (excluding diaryl/α,β-unsaturated/α-hetero) is 1. The average molecular weight is 347 g/mol. The minimum atomic E-state index is 0.233. The third-order valence-corrected chi connectivity index (χ3v) is 6.90. The summed E-state index contributed by atoms with van der Waals surface area (Å²) in [5.74, 6) is 8.84. The molecule has 0 saturated heterocycles. The zero-order valence-electron chi connectivity index (χ0n) is 18.0. The third kappa shape index (κ3) is 5.12. The van der Waals surface area contributed by atoms with Crippen molar-refractivity contribution in [3.63, 3.8) is 0 Å². The van der Waals surface area contributed by atoms with Gasteiger partial charge >= 0.3 is 0 Å². The van der Waals surface area contributed by atoms with Gasteiger partial charge in [-0.25, -0.2) is 0 Å². The normalized spacial score (nSPS) is 30.6. The molecule has 0 heterocycles. The molecule has 2 aliphatic rings. The van der Waals surface area contributed by atoms with E-state index in [0.717, 1.165) is 31.6 Å². The average Bonchev–Trinajstić information content (AvgIpc) is 2.94. The Morgan fingerprint density at radius 3 is 2.56 bits per heavy atom. The lowest BCUT2D eigenvalue weighted by atomic mass is 9.56. The van der Waals surface area contributed by atoms with Crippen LogP contribution < -0.4 is 0 Å². The van der Waals surface area contributed by atoms with Crippen molar-refractivity contribution >= 4 is 5.78 Å². The third-order valence-electron chi connectivity index (χ3n) is 6.90. The van der Waals surface area contributed by atoms with Crippen LogP contribution >= 0.6 is 0 Å². The van der Waals surface area contributed by atoms with Crippen LogP contribution in [-0.4, -0.2) is 5.78 Å². The van der Waals surface area contributed by atoms with Crippen molar-refractivity contribution in [3.05, 3.63) is 0 Å². The molecule has 0 aromatic heterocycles. The first-order valence-corrected chi connectivity index (χ1v) is 10.8. The summed E-state index contributed by atoms with van der Waals surface area (Å²) in [7, 11) is 0. The van der Waals surface area contributed by atoms with Crippen LogP contribution in [0.4, 0.5) is 0 Å². The van der Waals surface area contributed by atoms with Gasteiger partial charge in [0.25, 0.3) is 0 Å². The predicted molar refractivity (Wildman–Crippen MR) is 109 cm³/mol.